The number of alkyl halides is 1. The molecule has 0 heterocycles. The summed E-state index contributed by atoms with van der Waals surface area (Å²) in [6.45, 7) is 1.85. The predicted octanol–water partition coefficient (Wildman–Crippen LogP) is 1.70. The maximum Gasteiger partial charge on any atom is 0.201 e. The van der Waals surface area contributed by atoms with Crippen molar-refractivity contribution in [2.45, 2.75) is 13.3 Å². The van der Waals surface area contributed by atoms with E-state index in [1.54, 1.807) is 0 Å². The highest BCUT2D eigenvalue weighted by Crippen LogP contribution is 2.13. The van der Waals surface area contributed by atoms with Crippen molar-refractivity contribution in [3.8, 4) is 0 Å². The summed E-state index contributed by atoms with van der Waals surface area (Å²) in [5, 5.41) is 0. The smallest absolute Gasteiger partial charge is 0.201 e. The van der Waals surface area contributed by atoms with Crippen LogP contribution in [-0.4, -0.2) is 25.8 Å². The first-order valence-corrected chi connectivity index (χ1v) is 6.74. The van der Waals surface area contributed by atoms with Crippen LogP contribution in [0.25, 0.3) is 0 Å². The molecule has 0 aromatic carbocycles. The average molecular weight is 203 g/mol. The molecule has 0 aromatic rings. The van der Waals surface area contributed by atoms with Gasteiger partial charge in [-0.15, -0.1) is 11.6 Å². The maximum absolute atomic E-state index is 10.9. The largest absolute Gasteiger partial charge is 0.217 e. The van der Waals surface area contributed by atoms with Gasteiger partial charge in [0, 0.05) is 11.6 Å². The van der Waals surface area contributed by atoms with Gasteiger partial charge in [-0.2, -0.15) is 0 Å². The lowest BCUT2D eigenvalue weighted by atomic mass is 10.6. The number of rotatable bonds is 5. The fourth-order valence-electron chi connectivity index (χ4n) is 0.467. The van der Waals surface area contributed by atoms with Crippen LogP contribution in [0.15, 0.2) is 0 Å². The van der Waals surface area contributed by atoms with Crippen molar-refractivity contribution in [2.24, 2.45) is 0 Å². The van der Waals surface area contributed by atoms with Crippen LogP contribution in [0.3, 0.4) is 0 Å². The molecule has 0 fully saturated rings. The lowest BCUT2D eigenvalue weighted by Crippen LogP contribution is -2.00. The van der Waals surface area contributed by atoms with Crippen LogP contribution in [0.1, 0.15) is 13.3 Å². The molecule has 0 N–H and O–H groups in total. The molecule has 0 aromatic heterocycles. The first kappa shape index (κ1) is 10.6. The summed E-state index contributed by atoms with van der Waals surface area (Å²) in [4.78, 5) is 0. The van der Waals surface area contributed by atoms with Gasteiger partial charge in [0.25, 0.3) is 0 Å². The molecule has 0 aliphatic heterocycles. The van der Waals surface area contributed by atoms with Gasteiger partial charge in [0.2, 0.25) is 8.87 Å². The zero-order valence-electron chi connectivity index (χ0n) is 5.84. The third-order valence-electron chi connectivity index (χ3n) is 0.794. The summed E-state index contributed by atoms with van der Waals surface area (Å²) in [6, 6.07) is 0. The SMILES string of the molecule is CCCS(=O)(=O)SCCCl. The molecule has 0 rings (SSSR count). The van der Waals surface area contributed by atoms with E-state index in [1.165, 1.54) is 0 Å². The van der Waals surface area contributed by atoms with Crippen molar-refractivity contribution in [1.82, 2.24) is 0 Å². The van der Waals surface area contributed by atoms with E-state index in [4.69, 9.17) is 11.6 Å². The van der Waals surface area contributed by atoms with E-state index in [0.717, 1.165) is 10.8 Å². The zero-order chi connectivity index (χ0) is 8.04. The fraction of sp³-hybridized carbons (Fsp3) is 1.00. The summed E-state index contributed by atoms with van der Waals surface area (Å²) >= 11 is 5.32. The van der Waals surface area contributed by atoms with Gasteiger partial charge < -0.3 is 0 Å². The Morgan fingerprint density at radius 3 is 2.50 bits per heavy atom. The molecule has 0 spiro atoms. The molecule has 2 nitrogen and oxygen atoms in total. The molecule has 0 bridgehead atoms. The Balaban J connectivity index is 3.65. The Morgan fingerprint density at radius 1 is 1.50 bits per heavy atom. The van der Waals surface area contributed by atoms with Crippen LogP contribution in [0.4, 0.5) is 0 Å². The normalized spacial score (nSPS) is 11.8. The summed E-state index contributed by atoms with van der Waals surface area (Å²) in [6.07, 6.45) is 0.678. The highest BCUT2D eigenvalue weighted by atomic mass is 35.5. The minimum Gasteiger partial charge on any atom is -0.217 e. The second-order valence-corrected chi connectivity index (χ2v) is 6.55. The molecular weight excluding hydrogens is 192 g/mol. The molecule has 0 aliphatic rings. The lowest BCUT2D eigenvalue weighted by molar-refractivity contribution is 0.609. The Labute approximate surface area is 70.7 Å². The van der Waals surface area contributed by atoms with Gasteiger partial charge in [-0.25, -0.2) is 8.42 Å². The van der Waals surface area contributed by atoms with Crippen molar-refractivity contribution < 1.29 is 8.42 Å². The molecular formula is C5H11ClO2S2. The van der Waals surface area contributed by atoms with Gasteiger partial charge in [0.15, 0.2) is 0 Å². The minimum atomic E-state index is -2.86. The first-order chi connectivity index (χ1) is 4.62. The standard InChI is InChI=1S/C5H11ClO2S2/c1-2-5-10(7,8)9-4-3-6/h2-5H2,1H3. The van der Waals surface area contributed by atoms with Crippen molar-refractivity contribution in [3.63, 3.8) is 0 Å². The molecule has 0 amide bonds. The second kappa shape index (κ2) is 5.27. The van der Waals surface area contributed by atoms with Crippen LogP contribution in [0.2, 0.25) is 0 Å². The number of hydrogen-bond acceptors (Lipinski definition) is 3. The second-order valence-electron chi connectivity index (χ2n) is 1.77. The third-order valence-corrected chi connectivity index (χ3v) is 4.92. The van der Waals surface area contributed by atoms with E-state index in [0.29, 0.717) is 18.1 Å². The topological polar surface area (TPSA) is 34.1 Å². The summed E-state index contributed by atoms with van der Waals surface area (Å²) in [5.41, 5.74) is 0. The van der Waals surface area contributed by atoms with Crippen molar-refractivity contribution in [1.29, 1.82) is 0 Å². The third kappa shape index (κ3) is 5.38. The molecule has 0 radical (unpaired) electrons. The van der Waals surface area contributed by atoms with Crippen molar-refractivity contribution in [2.75, 3.05) is 17.4 Å². The van der Waals surface area contributed by atoms with E-state index < -0.39 is 8.87 Å². The fourth-order valence-corrected chi connectivity index (χ4v) is 3.77. The van der Waals surface area contributed by atoms with E-state index in [-0.39, 0.29) is 5.75 Å². The molecule has 0 saturated heterocycles. The monoisotopic (exact) mass is 202 g/mol. The van der Waals surface area contributed by atoms with Gasteiger partial charge in [0.05, 0.1) is 5.75 Å². The van der Waals surface area contributed by atoms with E-state index in [1.807, 2.05) is 6.92 Å². The van der Waals surface area contributed by atoms with E-state index in [2.05, 4.69) is 0 Å². The van der Waals surface area contributed by atoms with Crippen LogP contribution < -0.4 is 0 Å². The van der Waals surface area contributed by atoms with Gasteiger partial charge in [-0.3, -0.25) is 0 Å². The summed E-state index contributed by atoms with van der Waals surface area (Å²) in [5.74, 6) is 1.14. The Morgan fingerprint density at radius 2 is 2.10 bits per heavy atom. The maximum atomic E-state index is 10.9. The number of halogens is 1. The van der Waals surface area contributed by atoms with Gasteiger partial charge in [-0.05, 0) is 17.2 Å². The summed E-state index contributed by atoms with van der Waals surface area (Å²) in [7, 11) is -1.92. The first-order valence-electron chi connectivity index (χ1n) is 3.05. The predicted molar refractivity (Wildman–Crippen MR) is 47.3 cm³/mol. The van der Waals surface area contributed by atoms with E-state index >= 15 is 0 Å². The van der Waals surface area contributed by atoms with Crippen LogP contribution >= 0.6 is 22.4 Å². The van der Waals surface area contributed by atoms with Crippen LogP contribution in [-0.2, 0) is 8.87 Å². The van der Waals surface area contributed by atoms with E-state index in [9.17, 15) is 8.42 Å². The van der Waals surface area contributed by atoms with Crippen molar-refractivity contribution in [3.05, 3.63) is 0 Å². The molecule has 10 heavy (non-hydrogen) atoms. The average Bonchev–Trinajstić information content (AvgIpc) is 1.84. The van der Waals surface area contributed by atoms with Crippen LogP contribution in [0, 0.1) is 0 Å². The molecule has 5 heteroatoms. The lowest BCUT2D eigenvalue weighted by Gasteiger charge is -1.97. The van der Waals surface area contributed by atoms with Gasteiger partial charge in [0.1, 0.15) is 0 Å². The highest BCUT2D eigenvalue weighted by Gasteiger charge is 2.07. The molecule has 0 aliphatic carbocycles. The molecule has 0 saturated carbocycles. The summed E-state index contributed by atoms with van der Waals surface area (Å²) < 4.78 is 21.8. The van der Waals surface area contributed by atoms with Crippen molar-refractivity contribution >= 4 is 31.3 Å². The van der Waals surface area contributed by atoms with Gasteiger partial charge in [-0.1, -0.05) is 6.92 Å². The molecule has 0 atom stereocenters. The zero-order valence-corrected chi connectivity index (χ0v) is 8.23. The van der Waals surface area contributed by atoms with Gasteiger partial charge >= 0.3 is 0 Å². The quantitative estimate of drug-likeness (QED) is 0.503. The van der Waals surface area contributed by atoms with Crippen LogP contribution in [0.5, 0.6) is 0 Å². The minimum absolute atomic E-state index is 0.258. The Kier molecular flexibility index (Phi) is 5.58. The molecule has 0 unspecified atom stereocenters. The number of hydrogen-bond donors (Lipinski definition) is 0. The molecule has 62 valence electrons. The Hall–Kier alpha value is 0.590. The Bertz CT molecular complexity index is 164. The highest BCUT2D eigenvalue weighted by molar-refractivity contribution is 8.72.